The lowest BCUT2D eigenvalue weighted by molar-refractivity contribution is -0.128. The van der Waals surface area contributed by atoms with Crippen molar-refractivity contribution < 1.29 is 19.2 Å². The fourth-order valence-corrected chi connectivity index (χ4v) is 7.29. The minimum Gasteiger partial charge on any atom is -0.320 e. The van der Waals surface area contributed by atoms with Gasteiger partial charge in [0.05, 0.1) is 24.2 Å². The monoisotopic (exact) mass is 916 g/mol. The predicted octanol–water partition coefficient (Wildman–Crippen LogP) is 11.8. The normalized spacial score (nSPS) is 13.7. The molecule has 0 radical (unpaired) electrons. The highest BCUT2D eigenvalue weighted by molar-refractivity contribution is 7.80. The van der Waals surface area contributed by atoms with Crippen molar-refractivity contribution in [3.05, 3.63) is 0 Å². The number of hydrogen-bond acceptors (Lipinski definition) is 10. The van der Waals surface area contributed by atoms with E-state index in [4.69, 9.17) is 0 Å². The average Bonchev–Trinajstić information content (AvgIpc) is 3.20. The third-order valence-corrected chi connectivity index (χ3v) is 12.6. The summed E-state index contributed by atoms with van der Waals surface area (Å²) < 4.78 is 0. The van der Waals surface area contributed by atoms with Crippen LogP contribution < -0.4 is 5.32 Å². The van der Waals surface area contributed by atoms with Crippen LogP contribution in [0.5, 0.6) is 0 Å². The maximum Gasteiger partial charge on any atom is 0.153 e. The topological polar surface area (TPSA) is 93.3 Å². The van der Waals surface area contributed by atoms with Crippen molar-refractivity contribution in [3.8, 4) is 0 Å². The zero-order valence-corrected chi connectivity index (χ0v) is 46.4. The van der Waals surface area contributed by atoms with Gasteiger partial charge in [-0.1, -0.05) is 122 Å². The summed E-state index contributed by atoms with van der Waals surface area (Å²) in [4.78, 5) is 56.9. The standard InChI is InChI=1S/C14H30N2O.2C14H29NO.C10H21NOS.CH4/c1-11(2)14(17)13(16(6)12(3)4)9-7-8-10-15-5;2*1-7-8-9-10-13(14(16)11(2)3)15(6)12(4)5;1-7(2)10(12)9(6-13)11(5)8(3)4;/h11-13,15H,7-10H2,1-6H3;2*11-13H,7-10H2,1-6H3;7-9,13H,6H2,1-5H3;1H4. The Morgan fingerprint density at radius 2 is 0.635 bits per heavy atom. The summed E-state index contributed by atoms with van der Waals surface area (Å²) in [6.45, 7) is 38.4. The van der Waals surface area contributed by atoms with Gasteiger partial charge >= 0.3 is 0 Å². The molecule has 0 aromatic heterocycles. The number of thiol groups is 1. The summed E-state index contributed by atoms with van der Waals surface area (Å²) in [6.07, 6.45) is 12.5. The lowest BCUT2D eigenvalue weighted by Crippen LogP contribution is -2.45. The maximum absolute atomic E-state index is 12.2. The van der Waals surface area contributed by atoms with Crippen LogP contribution in [0.15, 0.2) is 0 Å². The molecule has 10 heteroatoms. The van der Waals surface area contributed by atoms with Crippen LogP contribution >= 0.6 is 12.6 Å². The first-order chi connectivity index (χ1) is 28.7. The van der Waals surface area contributed by atoms with Gasteiger partial charge in [-0.25, -0.2) is 0 Å². The molecule has 0 rings (SSSR count). The quantitative estimate of drug-likeness (QED) is 0.0540. The van der Waals surface area contributed by atoms with Crippen molar-refractivity contribution in [2.45, 2.75) is 251 Å². The van der Waals surface area contributed by atoms with Crippen LogP contribution in [0.2, 0.25) is 0 Å². The molecule has 0 heterocycles. The molecule has 0 aromatic carbocycles. The molecule has 0 aromatic rings. The van der Waals surface area contributed by atoms with Gasteiger partial charge in [-0.05, 0) is 123 Å². The zero-order chi connectivity index (χ0) is 49.4. The molecule has 380 valence electrons. The highest BCUT2D eigenvalue weighted by atomic mass is 32.1. The van der Waals surface area contributed by atoms with Gasteiger partial charge in [0.1, 0.15) is 0 Å². The van der Waals surface area contributed by atoms with E-state index in [1.165, 1.54) is 25.7 Å². The summed E-state index contributed by atoms with van der Waals surface area (Å²) in [7, 11) is 10.2. The van der Waals surface area contributed by atoms with Gasteiger partial charge in [0.15, 0.2) is 23.1 Å². The van der Waals surface area contributed by atoms with Gasteiger partial charge in [0.2, 0.25) is 0 Å². The van der Waals surface area contributed by atoms with Crippen molar-refractivity contribution >= 4 is 35.8 Å². The van der Waals surface area contributed by atoms with E-state index >= 15 is 0 Å². The van der Waals surface area contributed by atoms with E-state index in [2.05, 4.69) is 128 Å². The Balaban J connectivity index is -0.000000237. The van der Waals surface area contributed by atoms with E-state index in [0.717, 1.165) is 51.5 Å². The summed E-state index contributed by atoms with van der Waals surface area (Å²) in [6, 6.07) is 1.98. The number of unbranched alkanes of at least 4 members (excludes halogenated alkanes) is 5. The van der Waals surface area contributed by atoms with Crippen LogP contribution in [0.25, 0.3) is 0 Å². The third kappa shape index (κ3) is 32.2. The predicted molar refractivity (Wildman–Crippen MR) is 283 cm³/mol. The van der Waals surface area contributed by atoms with Crippen LogP contribution in [0.3, 0.4) is 0 Å². The highest BCUT2D eigenvalue weighted by Crippen LogP contribution is 2.18. The minimum atomic E-state index is -0.0386. The number of hydrogen-bond donors (Lipinski definition) is 2. The van der Waals surface area contributed by atoms with Crippen molar-refractivity contribution in [2.75, 3.05) is 47.5 Å². The molecule has 0 aliphatic rings. The van der Waals surface area contributed by atoms with E-state index in [-0.39, 0.29) is 61.0 Å². The number of rotatable bonds is 30. The van der Waals surface area contributed by atoms with E-state index in [9.17, 15) is 19.2 Å². The van der Waals surface area contributed by atoms with Crippen LogP contribution in [-0.4, -0.2) is 139 Å². The van der Waals surface area contributed by atoms with Crippen LogP contribution in [0.1, 0.15) is 203 Å². The third-order valence-electron chi connectivity index (χ3n) is 12.3. The Hall–Kier alpha value is -1.17. The summed E-state index contributed by atoms with van der Waals surface area (Å²) >= 11 is 4.22. The Labute approximate surface area is 400 Å². The van der Waals surface area contributed by atoms with Crippen molar-refractivity contribution in [1.82, 2.24) is 24.9 Å². The lowest BCUT2D eigenvalue weighted by Gasteiger charge is -2.31. The average molecular weight is 917 g/mol. The van der Waals surface area contributed by atoms with E-state index < -0.39 is 0 Å². The largest absolute Gasteiger partial charge is 0.320 e. The first-order valence-corrected chi connectivity index (χ1v) is 25.6. The number of carbonyl (C=O) groups excluding carboxylic acids is 4. The van der Waals surface area contributed by atoms with E-state index in [1.54, 1.807) is 0 Å². The van der Waals surface area contributed by atoms with Gasteiger partial charge in [0.25, 0.3) is 0 Å². The van der Waals surface area contributed by atoms with Crippen LogP contribution in [0, 0.1) is 23.7 Å². The lowest BCUT2D eigenvalue weighted by atomic mass is 9.95. The fourth-order valence-electron chi connectivity index (χ4n) is 6.85. The number of Topliss-reactive ketones (excluding diaryl/α,β-unsaturated/α-hetero) is 4. The van der Waals surface area contributed by atoms with Gasteiger partial charge in [-0.3, -0.25) is 38.8 Å². The Kier molecular flexibility index (Phi) is 46.2. The molecular weight excluding hydrogens is 803 g/mol. The SMILES string of the molecule is C.CC(C)C(=O)C(CS)N(C)C(C)C.CCCCCC(C(=O)C(C)C)N(C)C(C)C.CCCCCC(C(=O)C(C)C)N(C)C(C)C.CNCCCCC(C(=O)C(C)C)N(C)C(C)C. The first-order valence-electron chi connectivity index (χ1n) is 24.9. The van der Waals surface area contributed by atoms with E-state index in [0.29, 0.717) is 47.3 Å². The Morgan fingerprint density at radius 1 is 0.413 bits per heavy atom. The van der Waals surface area contributed by atoms with Gasteiger partial charge in [-0.15, -0.1) is 0 Å². The number of likely N-dealkylation sites (N-methyl/N-ethyl adjacent to an activating group) is 4. The fraction of sp³-hybridized carbons (Fsp3) is 0.925. The molecule has 9 nitrogen and oxygen atoms in total. The van der Waals surface area contributed by atoms with Crippen LogP contribution in [-0.2, 0) is 19.2 Å². The van der Waals surface area contributed by atoms with Crippen molar-refractivity contribution in [2.24, 2.45) is 23.7 Å². The highest BCUT2D eigenvalue weighted by Gasteiger charge is 2.29. The Bertz CT molecular complexity index is 1080. The van der Waals surface area contributed by atoms with Crippen LogP contribution in [0.4, 0.5) is 0 Å². The van der Waals surface area contributed by atoms with Gasteiger partial charge < -0.3 is 5.32 Å². The molecular formula is C53H113N5O4S. The zero-order valence-electron chi connectivity index (χ0n) is 45.5. The number of ketones is 4. The first kappa shape index (κ1) is 70.8. The number of nitrogens with zero attached hydrogens (tertiary/aromatic N) is 4. The van der Waals surface area contributed by atoms with Crippen molar-refractivity contribution in [3.63, 3.8) is 0 Å². The molecule has 0 aliphatic carbocycles. The van der Waals surface area contributed by atoms with E-state index in [1.807, 2.05) is 69.5 Å². The molecule has 4 unspecified atom stereocenters. The molecule has 0 aliphatic heterocycles. The molecule has 0 fully saturated rings. The molecule has 4 atom stereocenters. The smallest absolute Gasteiger partial charge is 0.153 e. The second kappa shape index (κ2) is 41.1. The molecule has 63 heavy (non-hydrogen) atoms. The minimum absolute atomic E-state index is 0. The Morgan fingerprint density at radius 3 is 0.825 bits per heavy atom. The summed E-state index contributed by atoms with van der Waals surface area (Å²) in [5, 5.41) is 3.15. The summed E-state index contributed by atoms with van der Waals surface area (Å²) in [5.41, 5.74) is 0. The molecule has 0 spiro atoms. The molecule has 0 saturated carbocycles. The second-order valence-electron chi connectivity index (χ2n) is 20.1. The molecule has 0 saturated heterocycles. The van der Waals surface area contributed by atoms with Gasteiger partial charge in [-0.2, -0.15) is 12.6 Å². The van der Waals surface area contributed by atoms with Gasteiger partial charge in [0, 0.05) is 53.6 Å². The molecule has 1 N–H and O–H groups in total. The number of carbonyl (C=O) groups is 4. The molecule has 0 amide bonds. The second-order valence-corrected chi connectivity index (χ2v) is 20.5. The number of nitrogens with one attached hydrogen (secondary N) is 1. The summed E-state index contributed by atoms with van der Waals surface area (Å²) in [5.74, 6) is 2.58. The molecule has 0 bridgehead atoms. The van der Waals surface area contributed by atoms with Crippen molar-refractivity contribution in [1.29, 1.82) is 0 Å². The maximum atomic E-state index is 12.2.